The third-order valence-electron chi connectivity index (χ3n) is 3.74. The number of nitrogens with zero attached hydrogens (tertiary/aromatic N) is 2. The first-order valence-corrected chi connectivity index (χ1v) is 7.62. The Labute approximate surface area is 124 Å². The van der Waals surface area contributed by atoms with Gasteiger partial charge in [0.25, 0.3) is 0 Å². The van der Waals surface area contributed by atoms with Crippen molar-refractivity contribution in [2.24, 2.45) is 5.41 Å². The number of hydrogen-bond donors (Lipinski definition) is 0. The van der Waals surface area contributed by atoms with Crippen LogP contribution < -0.4 is 4.74 Å². The Hall–Kier alpha value is -1.09. The van der Waals surface area contributed by atoms with Gasteiger partial charge in [0.05, 0.1) is 18.8 Å². The van der Waals surface area contributed by atoms with E-state index >= 15 is 0 Å². The Balaban J connectivity index is 2.69. The molecule has 0 aliphatic heterocycles. The van der Waals surface area contributed by atoms with Crippen LogP contribution in [0.5, 0.6) is 5.75 Å². The standard InChI is InChI=1S/C17H30N2O/c1-7-19(13-9-11-17(3,4)5)14(2)16-15(20-6)10-8-12-18-16/h8,10,12,14H,7,9,11,13H2,1-6H3. The molecule has 1 atom stereocenters. The molecule has 20 heavy (non-hydrogen) atoms. The quantitative estimate of drug-likeness (QED) is 0.743. The summed E-state index contributed by atoms with van der Waals surface area (Å²) in [5.74, 6) is 0.884. The maximum Gasteiger partial charge on any atom is 0.141 e. The molecule has 0 aliphatic carbocycles. The second-order valence-corrected chi connectivity index (χ2v) is 6.56. The molecule has 0 radical (unpaired) electrons. The number of methoxy groups -OCH3 is 1. The topological polar surface area (TPSA) is 25.4 Å². The van der Waals surface area contributed by atoms with Crippen molar-refractivity contribution in [1.82, 2.24) is 9.88 Å². The van der Waals surface area contributed by atoms with Crippen LogP contribution in [0, 0.1) is 5.41 Å². The maximum atomic E-state index is 5.43. The van der Waals surface area contributed by atoms with Crippen molar-refractivity contribution in [2.45, 2.75) is 53.5 Å². The van der Waals surface area contributed by atoms with Gasteiger partial charge in [-0.25, -0.2) is 0 Å². The van der Waals surface area contributed by atoms with Gasteiger partial charge < -0.3 is 4.74 Å². The molecule has 3 heteroatoms. The Bertz CT molecular complexity index is 398. The Kier molecular flexibility index (Phi) is 6.47. The van der Waals surface area contributed by atoms with E-state index in [0.717, 1.165) is 24.5 Å². The van der Waals surface area contributed by atoms with Gasteiger partial charge in [-0.1, -0.05) is 27.7 Å². The van der Waals surface area contributed by atoms with E-state index in [9.17, 15) is 0 Å². The summed E-state index contributed by atoms with van der Waals surface area (Å²) >= 11 is 0. The molecular weight excluding hydrogens is 248 g/mol. The predicted octanol–water partition coefficient (Wildman–Crippen LogP) is 4.30. The summed E-state index contributed by atoms with van der Waals surface area (Å²) in [6, 6.07) is 4.20. The van der Waals surface area contributed by atoms with Crippen molar-refractivity contribution in [3.63, 3.8) is 0 Å². The zero-order chi connectivity index (χ0) is 15.2. The summed E-state index contributed by atoms with van der Waals surface area (Å²) in [7, 11) is 1.71. The van der Waals surface area contributed by atoms with Crippen LogP contribution in [0.1, 0.15) is 59.2 Å². The van der Waals surface area contributed by atoms with Gasteiger partial charge in [-0.15, -0.1) is 0 Å². The summed E-state index contributed by atoms with van der Waals surface area (Å²) in [6.45, 7) is 13.5. The molecule has 0 fully saturated rings. The van der Waals surface area contributed by atoms with Gasteiger partial charge in [0, 0.05) is 6.20 Å². The molecule has 3 nitrogen and oxygen atoms in total. The van der Waals surface area contributed by atoms with E-state index in [1.54, 1.807) is 7.11 Å². The van der Waals surface area contributed by atoms with E-state index < -0.39 is 0 Å². The van der Waals surface area contributed by atoms with Crippen LogP contribution in [-0.4, -0.2) is 30.1 Å². The lowest BCUT2D eigenvalue weighted by Crippen LogP contribution is -2.29. The van der Waals surface area contributed by atoms with E-state index in [1.165, 1.54) is 12.8 Å². The first-order valence-electron chi connectivity index (χ1n) is 7.62. The van der Waals surface area contributed by atoms with Gasteiger partial charge in [-0.2, -0.15) is 0 Å². The van der Waals surface area contributed by atoms with E-state index in [4.69, 9.17) is 4.74 Å². The molecule has 1 unspecified atom stereocenters. The summed E-state index contributed by atoms with van der Waals surface area (Å²) in [4.78, 5) is 6.98. The first-order chi connectivity index (χ1) is 9.39. The van der Waals surface area contributed by atoms with Gasteiger partial charge in [0.1, 0.15) is 5.75 Å². The van der Waals surface area contributed by atoms with E-state index in [-0.39, 0.29) is 6.04 Å². The fourth-order valence-corrected chi connectivity index (χ4v) is 2.50. The third kappa shape index (κ3) is 5.12. The van der Waals surface area contributed by atoms with Crippen LogP contribution in [0.25, 0.3) is 0 Å². The second kappa shape index (κ2) is 7.63. The molecule has 0 saturated heterocycles. The van der Waals surface area contributed by atoms with Crippen molar-refractivity contribution in [2.75, 3.05) is 20.2 Å². The molecule has 0 amide bonds. The van der Waals surface area contributed by atoms with Crippen LogP contribution in [0.2, 0.25) is 0 Å². The third-order valence-corrected chi connectivity index (χ3v) is 3.74. The minimum Gasteiger partial charge on any atom is -0.495 e. The summed E-state index contributed by atoms with van der Waals surface area (Å²) in [6.07, 6.45) is 4.31. The normalized spacial score (nSPS) is 13.6. The molecule has 0 aliphatic rings. The molecule has 0 N–H and O–H groups in total. The molecule has 0 spiro atoms. The second-order valence-electron chi connectivity index (χ2n) is 6.56. The Morgan fingerprint density at radius 3 is 2.60 bits per heavy atom. The van der Waals surface area contributed by atoms with Crippen LogP contribution in [0.15, 0.2) is 18.3 Å². The fourth-order valence-electron chi connectivity index (χ4n) is 2.50. The zero-order valence-electron chi connectivity index (χ0n) is 13.9. The lowest BCUT2D eigenvalue weighted by molar-refractivity contribution is 0.198. The summed E-state index contributed by atoms with van der Waals surface area (Å²) < 4.78 is 5.43. The molecule has 0 aromatic carbocycles. The van der Waals surface area contributed by atoms with Crippen LogP contribution in [0.4, 0.5) is 0 Å². The van der Waals surface area contributed by atoms with Gasteiger partial charge in [0.15, 0.2) is 0 Å². The number of aromatic nitrogens is 1. The van der Waals surface area contributed by atoms with Gasteiger partial charge in [-0.05, 0) is 50.4 Å². The lowest BCUT2D eigenvalue weighted by atomic mass is 9.90. The SMILES string of the molecule is CCN(CCCC(C)(C)C)C(C)c1ncccc1OC. The van der Waals surface area contributed by atoms with E-state index in [0.29, 0.717) is 5.41 Å². The Morgan fingerprint density at radius 2 is 2.05 bits per heavy atom. The molecular formula is C17H30N2O. The van der Waals surface area contributed by atoms with Crippen molar-refractivity contribution in [3.8, 4) is 5.75 Å². The molecule has 1 heterocycles. The van der Waals surface area contributed by atoms with Gasteiger partial charge in [0.2, 0.25) is 0 Å². The average Bonchev–Trinajstić information content (AvgIpc) is 2.41. The Morgan fingerprint density at radius 1 is 1.35 bits per heavy atom. The summed E-state index contributed by atoms with van der Waals surface area (Å²) in [5, 5.41) is 0. The lowest BCUT2D eigenvalue weighted by Gasteiger charge is -2.29. The first kappa shape index (κ1) is 17.0. The van der Waals surface area contributed by atoms with Crippen molar-refractivity contribution >= 4 is 0 Å². The predicted molar refractivity (Wildman–Crippen MR) is 85.1 cm³/mol. The zero-order valence-corrected chi connectivity index (χ0v) is 13.9. The molecule has 1 aromatic heterocycles. The maximum absolute atomic E-state index is 5.43. The minimum absolute atomic E-state index is 0.288. The highest BCUT2D eigenvalue weighted by molar-refractivity contribution is 5.29. The summed E-state index contributed by atoms with van der Waals surface area (Å²) in [5.41, 5.74) is 1.44. The molecule has 1 rings (SSSR count). The number of rotatable bonds is 7. The fraction of sp³-hybridized carbons (Fsp3) is 0.706. The van der Waals surface area contributed by atoms with E-state index in [2.05, 4.69) is 44.5 Å². The number of hydrogen-bond acceptors (Lipinski definition) is 3. The monoisotopic (exact) mass is 278 g/mol. The van der Waals surface area contributed by atoms with Gasteiger partial charge >= 0.3 is 0 Å². The minimum atomic E-state index is 0.288. The molecule has 0 saturated carbocycles. The van der Waals surface area contributed by atoms with Crippen LogP contribution >= 0.6 is 0 Å². The smallest absolute Gasteiger partial charge is 0.141 e. The molecule has 1 aromatic rings. The number of pyridine rings is 1. The van der Waals surface area contributed by atoms with E-state index in [1.807, 2.05) is 18.3 Å². The number of ether oxygens (including phenoxy) is 1. The van der Waals surface area contributed by atoms with Crippen LogP contribution in [-0.2, 0) is 0 Å². The highest BCUT2D eigenvalue weighted by Crippen LogP contribution is 2.28. The highest BCUT2D eigenvalue weighted by atomic mass is 16.5. The van der Waals surface area contributed by atoms with Crippen molar-refractivity contribution < 1.29 is 4.74 Å². The molecule has 0 bridgehead atoms. The van der Waals surface area contributed by atoms with Gasteiger partial charge in [-0.3, -0.25) is 9.88 Å². The van der Waals surface area contributed by atoms with Crippen molar-refractivity contribution in [3.05, 3.63) is 24.0 Å². The highest BCUT2D eigenvalue weighted by Gasteiger charge is 2.19. The van der Waals surface area contributed by atoms with Crippen molar-refractivity contribution in [1.29, 1.82) is 0 Å². The molecule has 114 valence electrons. The van der Waals surface area contributed by atoms with Crippen LogP contribution in [0.3, 0.4) is 0 Å². The average molecular weight is 278 g/mol. The largest absolute Gasteiger partial charge is 0.495 e.